The van der Waals surface area contributed by atoms with Crippen LogP contribution in [-0.2, 0) is 13.0 Å². The Kier molecular flexibility index (Phi) is 3.53. The molecule has 0 aliphatic carbocycles. The highest BCUT2D eigenvalue weighted by Crippen LogP contribution is 2.37. The van der Waals surface area contributed by atoms with Gasteiger partial charge in [-0.15, -0.1) is 0 Å². The van der Waals surface area contributed by atoms with Gasteiger partial charge in [0.15, 0.2) is 0 Å². The van der Waals surface area contributed by atoms with Crippen LogP contribution in [0.3, 0.4) is 0 Å². The molecule has 0 bridgehead atoms. The van der Waals surface area contributed by atoms with Crippen molar-refractivity contribution in [3.8, 4) is 5.75 Å². The average Bonchev–Trinajstić information content (AvgIpc) is 2.72. The van der Waals surface area contributed by atoms with Gasteiger partial charge in [0.1, 0.15) is 5.75 Å². The second-order valence-corrected chi connectivity index (χ2v) is 6.05. The lowest BCUT2D eigenvalue weighted by atomic mass is 10.1. The quantitative estimate of drug-likeness (QED) is 0.873. The first-order valence-corrected chi connectivity index (χ1v) is 7.33. The van der Waals surface area contributed by atoms with Gasteiger partial charge >= 0.3 is 0 Å². The number of benzene rings is 2. The van der Waals surface area contributed by atoms with Crippen LogP contribution in [0, 0.1) is 0 Å². The number of phenols is 1. The van der Waals surface area contributed by atoms with Crippen LogP contribution in [0.5, 0.6) is 5.75 Å². The van der Waals surface area contributed by atoms with E-state index in [9.17, 15) is 5.11 Å². The zero-order chi connectivity index (χ0) is 14.3. The highest BCUT2D eigenvalue weighted by molar-refractivity contribution is 6.35. The van der Waals surface area contributed by atoms with Gasteiger partial charge in [-0.2, -0.15) is 0 Å². The van der Waals surface area contributed by atoms with E-state index in [4.69, 9.17) is 23.2 Å². The minimum absolute atomic E-state index is 0.118. The number of para-hydroxylation sites is 1. The molecule has 0 spiro atoms. The smallest absolute Gasteiger partial charge is 0.139 e. The molecule has 1 N–H and O–H groups in total. The maximum atomic E-state index is 10.1. The molecule has 2 nitrogen and oxygen atoms in total. The van der Waals surface area contributed by atoms with Crippen molar-refractivity contribution in [1.82, 2.24) is 0 Å². The fraction of sp³-hybridized carbons (Fsp3) is 0.250. The maximum absolute atomic E-state index is 10.1. The molecule has 1 aliphatic heterocycles. The van der Waals surface area contributed by atoms with Crippen LogP contribution in [-0.4, -0.2) is 11.1 Å². The normalized spacial score (nSPS) is 17.4. The van der Waals surface area contributed by atoms with Gasteiger partial charge in [-0.25, -0.2) is 0 Å². The van der Waals surface area contributed by atoms with Gasteiger partial charge in [0.2, 0.25) is 0 Å². The number of aromatic hydroxyl groups is 1. The number of fused-ring (bicyclic) bond motifs is 1. The number of halogens is 2. The molecule has 0 amide bonds. The molecule has 0 radical (unpaired) electrons. The van der Waals surface area contributed by atoms with E-state index in [0.717, 1.165) is 12.0 Å². The van der Waals surface area contributed by atoms with E-state index in [1.807, 2.05) is 6.07 Å². The molecular weight excluding hydrogens is 293 g/mol. The lowest BCUT2D eigenvalue weighted by Crippen LogP contribution is -2.28. The number of nitrogens with zero attached hydrogens (tertiary/aromatic N) is 1. The minimum atomic E-state index is 0.118. The highest BCUT2D eigenvalue weighted by atomic mass is 35.5. The molecule has 0 aromatic heterocycles. The van der Waals surface area contributed by atoms with Crippen LogP contribution >= 0.6 is 23.2 Å². The van der Waals surface area contributed by atoms with Gasteiger partial charge in [0.05, 0.1) is 5.02 Å². The molecule has 0 fully saturated rings. The van der Waals surface area contributed by atoms with E-state index in [1.54, 1.807) is 12.1 Å². The fourth-order valence-corrected chi connectivity index (χ4v) is 3.33. The Morgan fingerprint density at radius 1 is 1.25 bits per heavy atom. The Labute approximate surface area is 128 Å². The summed E-state index contributed by atoms with van der Waals surface area (Å²) in [6, 6.07) is 12.1. The molecule has 20 heavy (non-hydrogen) atoms. The summed E-state index contributed by atoms with van der Waals surface area (Å²) in [6.45, 7) is 2.79. The van der Waals surface area contributed by atoms with Crippen molar-refractivity contribution in [1.29, 1.82) is 0 Å². The molecule has 104 valence electrons. The van der Waals surface area contributed by atoms with Crippen LogP contribution in [0.1, 0.15) is 18.1 Å². The molecular formula is C16H15Cl2NO. The zero-order valence-electron chi connectivity index (χ0n) is 11.1. The first kappa shape index (κ1) is 13.6. The van der Waals surface area contributed by atoms with Crippen LogP contribution < -0.4 is 4.90 Å². The minimum Gasteiger partial charge on any atom is -0.506 e. The Morgan fingerprint density at radius 3 is 2.80 bits per heavy atom. The Morgan fingerprint density at radius 2 is 2.00 bits per heavy atom. The summed E-state index contributed by atoms with van der Waals surface area (Å²) in [7, 11) is 0. The molecule has 3 rings (SSSR count). The van der Waals surface area contributed by atoms with Gasteiger partial charge in [0.25, 0.3) is 0 Å². The molecule has 1 heterocycles. The molecule has 4 heteroatoms. The van der Waals surface area contributed by atoms with E-state index < -0.39 is 0 Å². The molecule has 1 aliphatic rings. The standard InChI is InChI=1S/C16H15Cl2NO/c1-10-6-11-4-2-3-5-15(11)19(10)9-12-7-13(17)8-14(18)16(12)20/h2-5,7-8,10,20H,6,9H2,1H3. The SMILES string of the molecule is CC1Cc2ccccc2N1Cc1cc(Cl)cc(Cl)c1O. The second kappa shape index (κ2) is 5.19. The molecule has 1 atom stereocenters. The predicted octanol–water partition coefficient (Wildman–Crippen LogP) is 4.65. The lowest BCUT2D eigenvalue weighted by molar-refractivity contribution is 0.466. The average molecular weight is 308 g/mol. The van der Waals surface area contributed by atoms with Crippen LogP contribution in [0.25, 0.3) is 0 Å². The Bertz CT molecular complexity index is 657. The van der Waals surface area contributed by atoms with Crippen molar-refractivity contribution in [3.63, 3.8) is 0 Å². The molecule has 0 saturated heterocycles. The maximum Gasteiger partial charge on any atom is 0.139 e. The van der Waals surface area contributed by atoms with E-state index >= 15 is 0 Å². The predicted molar refractivity (Wildman–Crippen MR) is 83.9 cm³/mol. The van der Waals surface area contributed by atoms with Crippen LogP contribution in [0.4, 0.5) is 5.69 Å². The van der Waals surface area contributed by atoms with E-state index in [1.165, 1.54) is 11.3 Å². The highest BCUT2D eigenvalue weighted by Gasteiger charge is 2.26. The van der Waals surface area contributed by atoms with Crippen LogP contribution in [0.15, 0.2) is 36.4 Å². The summed E-state index contributed by atoms with van der Waals surface area (Å²) in [4.78, 5) is 2.27. The zero-order valence-corrected chi connectivity index (χ0v) is 12.6. The monoisotopic (exact) mass is 307 g/mol. The third kappa shape index (κ3) is 2.34. The van der Waals surface area contributed by atoms with Crippen molar-refractivity contribution in [2.24, 2.45) is 0 Å². The van der Waals surface area contributed by atoms with Crippen molar-refractivity contribution in [3.05, 3.63) is 57.6 Å². The van der Waals surface area contributed by atoms with Crippen molar-refractivity contribution in [2.45, 2.75) is 25.9 Å². The van der Waals surface area contributed by atoms with Gasteiger partial charge in [-0.05, 0) is 37.1 Å². The lowest BCUT2D eigenvalue weighted by Gasteiger charge is -2.25. The second-order valence-electron chi connectivity index (χ2n) is 5.21. The summed E-state index contributed by atoms with van der Waals surface area (Å²) >= 11 is 12.0. The number of rotatable bonds is 2. The number of hydrogen-bond donors (Lipinski definition) is 1. The van der Waals surface area contributed by atoms with Gasteiger partial charge in [-0.1, -0.05) is 41.4 Å². The number of hydrogen-bond acceptors (Lipinski definition) is 2. The fourth-order valence-electron chi connectivity index (χ4n) is 2.79. The summed E-state index contributed by atoms with van der Waals surface area (Å²) in [5.74, 6) is 0.118. The Balaban J connectivity index is 1.96. The van der Waals surface area contributed by atoms with Gasteiger partial charge < -0.3 is 10.0 Å². The summed E-state index contributed by atoms with van der Waals surface area (Å²) in [6.07, 6.45) is 1.02. The summed E-state index contributed by atoms with van der Waals surface area (Å²) in [5.41, 5.74) is 3.31. The van der Waals surface area contributed by atoms with E-state index in [0.29, 0.717) is 22.6 Å². The summed E-state index contributed by atoms with van der Waals surface area (Å²) < 4.78 is 0. The third-order valence-corrected chi connectivity index (χ3v) is 4.30. The first-order chi connectivity index (χ1) is 9.56. The van der Waals surface area contributed by atoms with Gasteiger partial charge in [-0.3, -0.25) is 0 Å². The van der Waals surface area contributed by atoms with Crippen molar-refractivity contribution >= 4 is 28.9 Å². The molecule has 1 unspecified atom stereocenters. The molecule has 0 saturated carbocycles. The number of anilines is 1. The summed E-state index contributed by atoms with van der Waals surface area (Å²) in [5, 5.41) is 10.9. The van der Waals surface area contributed by atoms with Crippen molar-refractivity contribution < 1.29 is 5.11 Å². The van der Waals surface area contributed by atoms with E-state index in [2.05, 4.69) is 30.0 Å². The first-order valence-electron chi connectivity index (χ1n) is 6.57. The Hall–Kier alpha value is -1.38. The molecule has 2 aromatic carbocycles. The number of phenolic OH excluding ortho intramolecular Hbond substituents is 1. The molecule has 2 aromatic rings. The van der Waals surface area contributed by atoms with Gasteiger partial charge in [0, 0.05) is 28.9 Å². The largest absolute Gasteiger partial charge is 0.506 e. The topological polar surface area (TPSA) is 23.5 Å². The van der Waals surface area contributed by atoms with Crippen LogP contribution in [0.2, 0.25) is 10.0 Å². The van der Waals surface area contributed by atoms with E-state index in [-0.39, 0.29) is 5.75 Å². The third-order valence-electron chi connectivity index (χ3n) is 3.80. The van der Waals surface area contributed by atoms with Crippen molar-refractivity contribution in [2.75, 3.05) is 4.90 Å².